The molecular formula is C17H22N2O3. The molecule has 5 heteroatoms. The first-order valence-corrected chi connectivity index (χ1v) is 7.31. The van der Waals surface area contributed by atoms with Crippen LogP contribution in [0.4, 0.5) is 4.79 Å². The van der Waals surface area contributed by atoms with Crippen LogP contribution in [0.25, 0.3) is 0 Å². The molecule has 1 aromatic carbocycles. The Morgan fingerprint density at radius 3 is 2.59 bits per heavy atom. The van der Waals surface area contributed by atoms with Crippen LogP contribution in [0, 0.1) is 12.3 Å². The van der Waals surface area contributed by atoms with Crippen molar-refractivity contribution in [2.24, 2.45) is 0 Å². The number of rotatable bonds is 8. The molecule has 1 aromatic rings. The molecule has 1 atom stereocenters. The van der Waals surface area contributed by atoms with Gasteiger partial charge in [0.25, 0.3) is 0 Å². The number of nitrogens with zero attached hydrogens (tertiary/aromatic N) is 1. The van der Waals surface area contributed by atoms with Crippen LogP contribution in [-0.2, 0) is 11.2 Å². The van der Waals surface area contributed by atoms with E-state index in [2.05, 4.69) is 11.2 Å². The Labute approximate surface area is 131 Å². The SMILES string of the molecule is C#CCN(CC)C(=O)NC(CCC(=O)O)Cc1ccccc1. The van der Waals surface area contributed by atoms with E-state index in [1.807, 2.05) is 37.3 Å². The average Bonchev–Trinajstić information content (AvgIpc) is 2.51. The molecular weight excluding hydrogens is 280 g/mol. The summed E-state index contributed by atoms with van der Waals surface area (Å²) in [4.78, 5) is 24.5. The lowest BCUT2D eigenvalue weighted by atomic mass is 10.0. The van der Waals surface area contributed by atoms with Gasteiger partial charge in [-0.1, -0.05) is 36.3 Å². The van der Waals surface area contributed by atoms with Crippen LogP contribution in [0.2, 0.25) is 0 Å². The third kappa shape index (κ3) is 6.31. The number of carboxylic acids is 1. The molecule has 22 heavy (non-hydrogen) atoms. The smallest absolute Gasteiger partial charge is 0.318 e. The van der Waals surface area contributed by atoms with Gasteiger partial charge in [0, 0.05) is 19.0 Å². The van der Waals surface area contributed by atoms with Crippen molar-refractivity contribution in [3.63, 3.8) is 0 Å². The number of carbonyl (C=O) groups excluding carboxylic acids is 1. The number of urea groups is 1. The number of hydrogen-bond donors (Lipinski definition) is 2. The van der Waals surface area contributed by atoms with E-state index in [4.69, 9.17) is 11.5 Å². The van der Waals surface area contributed by atoms with Gasteiger partial charge in [0.15, 0.2) is 0 Å². The molecule has 0 radical (unpaired) electrons. The van der Waals surface area contributed by atoms with E-state index in [1.165, 1.54) is 4.90 Å². The van der Waals surface area contributed by atoms with E-state index in [-0.39, 0.29) is 25.0 Å². The summed E-state index contributed by atoms with van der Waals surface area (Å²) >= 11 is 0. The molecule has 0 aromatic heterocycles. The third-order valence-electron chi connectivity index (χ3n) is 3.31. The van der Waals surface area contributed by atoms with Gasteiger partial charge in [0.05, 0.1) is 6.54 Å². The molecule has 0 heterocycles. The molecule has 0 saturated heterocycles. The van der Waals surface area contributed by atoms with Crippen molar-refractivity contribution >= 4 is 12.0 Å². The minimum atomic E-state index is -0.872. The second-order valence-corrected chi connectivity index (χ2v) is 4.99. The molecule has 0 spiro atoms. The zero-order valence-corrected chi connectivity index (χ0v) is 12.8. The summed E-state index contributed by atoms with van der Waals surface area (Å²) < 4.78 is 0. The normalized spacial score (nSPS) is 11.3. The van der Waals surface area contributed by atoms with Crippen LogP contribution in [0.15, 0.2) is 30.3 Å². The number of aliphatic carboxylic acids is 1. The highest BCUT2D eigenvalue weighted by Gasteiger charge is 2.17. The maximum absolute atomic E-state index is 12.2. The molecule has 0 aliphatic heterocycles. The summed E-state index contributed by atoms with van der Waals surface area (Å²) in [6.07, 6.45) is 6.23. The van der Waals surface area contributed by atoms with Gasteiger partial charge in [-0.2, -0.15) is 0 Å². The fourth-order valence-corrected chi connectivity index (χ4v) is 2.12. The topological polar surface area (TPSA) is 69.6 Å². The highest BCUT2D eigenvalue weighted by molar-refractivity contribution is 5.75. The van der Waals surface area contributed by atoms with Gasteiger partial charge in [-0.05, 0) is 25.3 Å². The maximum atomic E-state index is 12.2. The summed E-state index contributed by atoms with van der Waals surface area (Å²) in [6, 6.07) is 9.17. The summed E-state index contributed by atoms with van der Waals surface area (Å²) in [5.41, 5.74) is 1.05. The number of amides is 2. The summed E-state index contributed by atoms with van der Waals surface area (Å²) in [7, 11) is 0. The maximum Gasteiger partial charge on any atom is 0.318 e. The van der Waals surface area contributed by atoms with Crippen molar-refractivity contribution in [2.45, 2.75) is 32.2 Å². The number of benzene rings is 1. The summed E-state index contributed by atoms with van der Waals surface area (Å²) in [5.74, 6) is 1.57. The lowest BCUT2D eigenvalue weighted by Crippen LogP contribution is -2.46. The molecule has 2 N–H and O–H groups in total. The molecule has 0 aliphatic rings. The van der Waals surface area contributed by atoms with E-state index in [9.17, 15) is 9.59 Å². The highest BCUT2D eigenvalue weighted by atomic mass is 16.4. The molecule has 118 valence electrons. The Bertz CT molecular complexity index is 522. The predicted octanol–water partition coefficient (Wildman–Crippen LogP) is 2.13. The molecule has 5 nitrogen and oxygen atoms in total. The van der Waals surface area contributed by atoms with Crippen LogP contribution in [0.5, 0.6) is 0 Å². The molecule has 0 aliphatic carbocycles. The zero-order valence-electron chi connectivity index (χ0n) is 12.8. The van der Waals surface area contributed by atoms with Crippen LogP contribution in [0.3, 0.4) is 0 Å². The summed E-state index contributed by atoms with van der Waals surface area (Å²) in [5, 5.41) is 11.7. The molecule has 0 fully saturated rings. The Balaban J connectivity index is 2.70. The zero-order chi connectivity index (χ0) is 16.4. The molecule has 1 rings (SSSR count). The average molecular weight is 302 g/mol. The van der Waals surface area contributed by atoms with Crippen molar-refractivity contribution < 1.29 is 14.7 Å². The molecule has 0 saturated carbocycles. The Morgan fingerprint density at radius 1 is 1.36 bits per heavy atom. The number of carbonyl (C=O) groups is 2. The number of terminal acetylenes is 1. The number of carboxylic acid groups (broad SMARTS) is 1. The van der Waals surface area contributed by atoms with Gasteiger partial charge in [-0.15, -0.1) is 6.42 Å². The first-order chi connectivity index (χ1) is 10.6. The summed E-state index contributed by atoms with van der Waals surface area (Å²) in [6.45, 7) is 2.59. The van der Waals surface area contributed by atoms with Crippen LogP contribution in [0.1, 0.15) is 25.3 Å². The molecule has 0 bridgehead atoms. The fraction of sp³-hybridized carbons (Fsp3) is 0.412. The fourth-order valence-electron chi connectivity index (χ4n) is 2.12. The second kappa shape index (κ2) is 9.46. The van der Waals surface area contributed by atoms with Gasteiger partial charge >= 0.3 is 12.0 Å². The van der Waals surface area contributed by atoms with E-state index in [0.29, 0.717) is 19.4 Å². The van der Waals surface area contributed by atoms with Crippen LogP contribution < -0.4 is 5.32 Å². The van der Waals surface area contributed by atoms with E-state index < -0.39 is 5.97 Å². The largest absolute Gasteiger partial charge is 0.481 e. The Kier molecular flexibility index (Phi) is 7.55. The minimum absolute atomic E-state index is 0.0129. The first kappa shape index (κ1) is 17.6. The lowest BCUT2D eigenvalue weighted by Gasteiger charge is -2.24. The van der Waals surface area contributed by atoms with Gasteiger partial charge in [-0.3, -0.25) is 4.79 Å². The predicted molar refractivity (Wildman–Crippen MR) is 85.4 cm³/mol. The minimum Gasteiger partial charge on any atom is -0.481 e. The Hall–Kier alpha value is -2.48. The lowest BCUT2D eigenvalue weighted by molar-refractivity contribution is -0.137. The monoisotopic (exact) mass is 302 g/mol. The first-order valence-electron chi connectivity index (χ1n) is 7.31. The van der Waals surface area contributed by atoms with Crippen molar-refractivity contribution in [2.75, 3.05) is 13.1 Å². The van der Waals surface area contributed by atoms with Gasteiger partial charge < -0.3 is 15.3 Å². The van der Waals surface area contributed by atoms with Crippen molar-refractivity contribution in [1.82, 2.24) is 10.2 Å². The van der Waals surface area contributed by atoms with E-state index >= 15 is 0 Å². The standard InChI is InChI=1S/C17H22N2O3/c1-3-12-19(4-2)17(22)18-15(10-11-16(20)21)13-14-8-6-5-7-9-14/h1,5-9,15H,4,10-13H2,2H3,(H,18,22)(H,20,21). The number of hydrogen-bond acceptors (Lipinski definition) is 2. The quantitative estimate of drug-likeness (QED) is 0.723. The third-order valence-corrected chi connectivity index (χ3v) is 3.31. The van der Waals surface area contributed by atoms with Crippen LogP contribution in [-0.4, -0.2) is 41.1 Å². The van der Waals surface area contributed by atoms with Crippen molar-refractivity contribution in [3.05, 3.63) is 35.9 Å². The van der Waals surface area contributed by atoms with Crippen molar-refractivity contribution in [1.29, 1.82) is 0 Å². The highest BCUT2D eigenvalue weighted by Crippen LogP contribution is 2.08. The molecule has 1 unspecified atom stereocenters. The van der Waals surface area contributed by atoms with E-state index in [0.717, 1.165) is 5.56 Å². The van der Waals surface area contributed by atoms with Gasteiger partial charge in [0.1, 0.15) is 0 Å². The van der Waals surface area contributed by atoms with Crippen molar-refractivity contribution in [3.8, 4) is 12.3 Å². The van der Waals surface area contributed by atoms with Crippen LogP contribution >= 0.6 is 0 Å². The Morgan fingerprint density at radius 2 is 2.05 bits per heavy atom. The van der Waals surface area contributed by atoms with Gasteiger partial charge in [0.2, 0.25) is 0 Å². The molecule has 2 amide bonds. The van der Waals surface area contributed by atoms with Gasteiger partial charge in [-0.25, -0.2) is 4.79 Å². The van der Waals surface area contributed by atoms with E-state index in [1.54, 1.807) is 0 Å². The number of nitrogens with one attached hydrogen (secondary N) is 1. The second-order valence-electron chi connectivity index (χ2n) is 4.99.